The number of hydrogen-bond acceptors (Lipinski definition) is 1. The van der Waals surface area contributed by atoms with Crippen molar-refractivity contribution in [2.75, 3.05) is 11.4 Å². The molecule has 1 aromatic carbocycles. The highest BCUT2D eigenvalue weighted by molar-refractivity contribution is 6.07. The fourth-order valence-corrected chi connectivity index (χ4v) is 2.33. The van der Waals surface area contributed by atoms with Crippen LogP contribution in [-0.4, -0.2) is 18.6 Å². The number of anilines is 1. The van der Waals surface area contributed by atoms with Crippen molar-refractivity contribution in [3.63, 3.8) is 0 Å². The molecular formula is C14H14F3NO. The molecule has 0 fully saturated rings. The fraction of sp³-hybridized carbons (Fsp3) is 0.357. The summed E-state index contributed by atoms with van der Waals surface area (Å²) in [6, 6.07) is 5.01. The van der Waals surface area contributed by atoms with Gasteiger partial charge in [0.05, 0.1) is 5.41 Å². The minimum Gasteiger partial charge on any atom is -0.302 e. The molecule has 0 atom stereocenters. The van der Waals surface area contributed by atoms with Crippen molar-refractivity contribution >= 4 is 17.7 Å². The number of hydrogen-bond donors (Lipinski definition) is 0. The van der Waals surface area contributed by atoms with E-state index in [9.17, 15) is 18.0 Å². The molecule has 5 heteroatoms. The number of halogens is 3. The van der Waals surface area contributed by atoms with Gasteiger partial charge in [0.25, 0.3) is 0 Å². The minimum atomic E-state index is -4.42. The van der Waals surface area contributed by atoms with E-state index in [2.05, 4.69) is 6.58 Å². The average Bonchev–Trinajstić information content (AvgIpc) is 2.49. The van der Waals surface area contributed by atoms with Crippen molar-refractivity contribution in [1.29, 1.82) is 0 Å². The molecule has 0 unspecified atom stereocenters. The van der Waals surface area contributed by atoms with Crippen molar-refractivity contribution in [1.82, 2.24) is 0 Å². The molecule has 0 radical (unpaired) electrons. The summed E-state index contributed by atoms with van der Waals surface area (Å²) in [7, 11) is 0. The number of rotatable bonds is 2. The number of carbonyl (C=O) groups is 1. The highest BCUT2D eigenvalue weighted by atomic mass is 19.4. The number of amides is 1. The van der Waals surface area contributed by atoms with Gasteiger partial charge in [-0.3, -0.25) is 4.79 Å². The number of fused-ring (bicyclic) bond motifs is 1. The largest absolute Gasteiger partial charge is 0.406 e. The predicted octanol–water partition coefficient (Wildman–Crippen LogP) is 3.52. The second-order valence-electron chi connectivity index (χ2n) is 5.11. The second kappa shape index (κ2) is 4.11. The van der Waals surface area contributed by atoms with Crippen molar-refractivity contribution in [3.05, 3.63) is 35.9 Å². The molecule has 1 amide bonds. The lowest BCUT2D eigenvalue weighted by atomic mass is 9.86. The van der Waals surface area contributed by atoms with E-state index in [0.717, 1.165) is 4.90 Å². The summed E-state index contributed by atoms with van der Waals surface area (Å²) >= 11 is 0. The maximum Gasteiger partial charge on any atom is 0.406 e. The molecule has 1 aromatic rings. The molecule has 0 aromatic heterocycles. The molecule has 1 aliphatic heterocycles. The molecule has 0 saturated heterocycles. The van der Waals surface area contributed by atoms with E-state index in [0.29, 0.717) is 16.8 Å². The van der Waals surface area contributed by atoms with Crippen LogP contribution in [0.25, 0.3) is 6.08 Å². The third-order valence-electron chi connectivity index (χ3n) is 3.34. The van der Waals surface area contributed by atoms with Gasteiger partial charge in [-0.15, -0.1) is 0 Å². The maximum absolute atomic E-state index is 12.6. The Bertz CT molecular complexity index is 546. The Hall–Kier alpha value is -1.78. The molecule has 0 bridgehead atoms. The summed E-state index contributed by atoms with van der Waals surface area (Å²) in [6.45, 7) is 5.60. The first kappa shape index (κ1) is 13.6. The van der Waals surface area contributed by atoms with Gasteiger partial charge in [-0.2, -0.15) is 13.2 Å². The van der Waals surface area contributed by atoms with Crippen molar-refractivity contribution < 1.29 is 18.0 Å². The third kappa shape index (κ3) is 2.25. The molecule has 0 spiro atoms. The summed E-state index contributed by atoms with van der Waals surface area (Å²) in [5, 5.41) is 0. The summed E-state index contributed by atoms with van der Waals surface area (Å²) in [5.74, 6) is -0.527. The van der Waals surface area contributed by atoms with Gasteiger partial charge in [0, 0.05) is 5.69 Å². The Morgan fingerprint density at radius 1 is 1.37 bits per heavy atom. The lowest BCUT2D eigenvalue weighted by Gasteiger charge is -2.21. The summed E-state index contributed by atoms with van der Waals surface area (Å²) < 4.78 is 37.8. The molecule has 19 heavy (non-hydrogen) atoms. The average molecular weight is 269 g/mol. The third-order valence-corrected chi connectivity index (χ3v) is 3.34. The molecule has 0 saturated carbocycles. The lowest BCUT2D eigenvalue weighted by Crippen LogP contribution is -2.41. The molecule has 2 rings (SSSR count). The molecule has 2 nitrogen and oxygen atoms in total. The van der Waals surface area contributed by atoms with Crippen molar-refractivity contribution in [2.45, 2.75) is 25.4 Å². The quantitative estimate of drug-likeness (QED) is 0.804. The maximum atomic E-state index is 12.6. The lowest BCUT2D eigenvalue weighted by molar-refractivity contribution is -0.134. The Morgan fingerprint density at radius 2 is 2.00 bits per heavy atom. The van der Waals surface area contributed by atoms with Gasteiger partial charge in [-0.25, -0.2) is 0 Å². The van der Waals surface area contributed by atoms with Crippen LogP contribution in [0.2, 0.25) is 0 Å². The SMILES string of the molecule is C=Cc1ccc2c(c1)N(CC(F)(F)F)C(=O)C2(C)C. The molecule has 1 aliphatic rings. The fourth-order valence-electron chi connectivity index (χ4n) is 2.33. The van der Waals surface area contributed by atoms with Crippen molar-refractivity contribution in [2.24, 2.45) is 0 Å². The van der Waals surface area contributed by atoms with Gasteiger partial charge < -0.3 is 4.90 Å². The summed E-state index contributed by atoms with van der Waals surface area (Å²) in [6.07, 6.45) is -2.88. The van der Waals surface area contributed by atoms with Crippen LogP contribution in [0.5, 0.6) is 0 Å². The van der Waals surface area contributed by atoms with Gasteiger partial charge in [0.15, 0.2) is 0 Å². The summed E-state index contributed by atoms with van der Waals surface area (Å²) in [4.78, 5) is 13.0. The van der Waals surface area contributed by atoms with E-state index in [1.807, 2.05) is 0 Å². The number of carbonyl (C=O) groups excluding carboxylic acids is 1. The first-order valence-corrected chi connectivity index (χ1v) is 5.82. The molecule has 0 N–H and O–H groups in total. The Balaban J connectivity index is 2.54. The van der Waals surface area contributed by atoms with Crippen LogP contribution in [-0.2, 0) is 10.2 Å². The van der Waals surface area contributed by atoms with Gasteiger partial charge in [-0.1, -0.05) is 24.8 Å². The Kier molecular flexibility index (Phi) is 2.96. The van der Waals surface area contributed by atoms with Crippen LogP contribution >= 0.6 is 0 Å². The zero-order valence-electron chi connectivity index (χ0n) is 10.7. The van der Waals surface area contributed by atoms with E-state index >= 15 is 0 Å². The van der Waals surface area contributed by atoms with Crippen LogP contribution in [0.4, 0.5) is 18.9 Å². The molecular weight excluding hydrogens is 255 g/mol. The minimum absolute atomic E-state index is 0.324. The van der Waals surface area contributed by atoms with E-state index in [4.69, 9.17) is 0 Å². The smallest absolute Gasteiger partial charge is 0.302 e. The van der Waals surface area contributed by atoms with E-state index in [-0.39, 0.29) is 0 Å². The zero-order valence-corrected chi connectivity index (χ0v) is 10.7. The van der Waals surface area contributed by atoms with Crippen LogP contribution < -0.4 is 4.90 Å². The van der Waals surface area contributed by atoms with Crippen LogP contribution in [0, 0.1) is 0 Å². The first-order chi connectivity index (χ1) is 8.66. The normalized spacial score (nSPS) is 17.5. The Labute approximate surface area is 109 Å². The monoisotopic (exact) mass is 269 g/mol. The topological polar surface area (TPSA) is 20.3 Å². The number of nitrogens with zero attached hydrogens (tertiary/aromatic N) is 1. The number of benzene rings is 1. The molecule has 1 heterocycles. The number of alkyl halides is 3. The predicted molar refractivity (Wildman–Crippen MR) is 68.0 cm³/mol. The highest BCUT2D eigenvalue weighted by Crippen LogP contribution is 2.43. The first-order valence-electron chi connectivity index (χ1n) is 5.82. The van der Waals surface area contributed by atoms with Crippen molar-refractivity contribution in [3.8, 4) is 0 Å². The van der Waals surface area contributed by atoms with Gasteiger partial charge in [0.1, 0.15) is 6.54 Å². The van der Waals surface area contributed by atoms with Gasteiger partial charge in [-0.05, 0) is 31.0 Å². The Morgan fingerprint density at radius 3 is 2.53 bits per heavy atom. The standard InChI is InChI=1S/C14H14F3NO/c1-4-9-5-6-10-11(7-9)18(8-14(15,16)17)12(19)13(10,2)3/h4-7H,1,8H2,2-3H3. The highest BCUT2D eigenvalue weighted by Gasteiger charge is 2.47. The van der Waals surface area contributed by atoms with Crippen LogP contribution in [0.1, 0.15) is 25.0 Å². The van der Waals surface area contributed by atoms with Gasteiger partial charge >= 0.3 is 6.18 Å². The van der Waals surface area contributed by atoms with E-state index < -0.39 is 24.0 Å². The van der Waals surface area contributed by atoms with E-state index in [1.54, 1.807) is 38.1 Å². The zero-order chi connectivity index (χ0) is 14.4. The summed E-state index contributed by atoms with van der Waals surface area (Å²) in [5.41, 5.74) is 0.703. The van der Waals surface area contributed by atoms with Gasteiger partial charge in [0.2, 0.25) is 5.91 Å². The van der Waals surface area contributed by atoms with Crippen LogP contribution in [0.3, 0.4) is 0 Å². The van der Waals surface area contributed by atoms with Crippen LogP contribution in [0.15, 0.2) is 24.8 Å². The second-order valence-corrected chi connectivity index (χ2v) is 5.11. The van der Waals surface area contributed by atoms with E-state index in [1.165, 1.54) is 0 Å². The molecule has 102 valence electrons. The molecule has 0 aliphatic carbocycles.